The molecular weight excluding hydrogens is 396 g/mol. The van der Waals surface area contributed by atoms with E-state index in [1.54, 1.807) is 13.8 Å². The van der Waals surface area contributed by atoms with Gasteiger partial charge in [-0.25, -0.2) is 9.59 Å². The highest BCUT2D eigenvalue weighted by Crippen LogP contribution is 2.09. The number of amides is 2. The Bertz CT molecular complexity index is 865. The quantitative estimate of drug-likeness (QED) is 0.601. The van der Waals surface area contributed by atoms with E-state index in [1.165, 1.54) is 7.11 Å². The smallest absolute Gasteiger partial charge is 0.408 e. The highest BCUT2D eigenvalue weighted by atomic mass is 16.5. The molecule has 2 atom stereocenters. The number of carbonyl (C=O) groups is 3. The molecule has 2 amide bonds. The normalized spacial score (nSPS) is 12.5. The minimum atomic E-state index is -0.872. The number of hydrogen-bond donors (Lipinski definition) is 2. The molecule has 0 radical (unpaired) electrons. The maximum atomic E-state index is 12.9. The molecule has 0 saturated carbocycles. The number of nitrogens with one attached hydrogen (secondary N) is 2. The number of methoxy groups -OCH3 is 1. The first-order valence-corrected chi connectivity index (χ1v) is 10.2. The molecule has 0 aromatic heterocycles. The third kappa shape index (κ3) is 7.77. The number of ether oxygens (including phenoxy) is 2. The lowest BCUT2D eigenvalue weighted by molar-refractivity contribution is -0.145. The van der Waals surface area contributed by atoms with Gasteiger partial charge >= 0.3 is 12.1 Å². The Morgan fingerprint density at radius 3 is 2.13 bits per heavy atom. The second-order valence-corrected chi connectivity index (χ2v) is 7.70. The number of esters is 1. The monoisotopic (exact) mass is 426 g/mol. The fourth-order valence-electron chi connectivity index (χ4n) is 2.98. The van der Waals surface area contributed by atoms with Crippen molar-refractivity contribution in [2.24, 2.45) is 5.92 Å². The number of alkyl carbamates (subject to hydrolysis) is 1. The average molecular weight is 427 g/mol. The van der Waals surface area contributed by atoms with E-state index in [1.807, 2.05) is 61.5 Å². The highest BCUT2D eigenvalue weighted by molar-refractivity contribution is 5.90. The van der Waals surface area contributed by atoms with Gasteiger partial charge in [-0.1, -0.05) is 74.0 Å². The second-order valence-electron chi connectivity index (χ2n) is 7.70. The Balaban J connectivity index is 2.00. The van der Waals surface area contributed by atoms with Crippen molar-refractivity contribution in [3.05, 3.63) is 71.3 Å². The molecule has 0 aliphatic heterocycles. The zero-order valence-corrected chi connectivity index (χ0v) is 18.4. The largest absolute Gasteiger partial charge is 0.467 e. The number of carbonyl (C=O) groups excluding carboxylic acids is 3. The zero-order chi connectivity index (χ0) is 22.8. The van der Waals surface area contributed by atoms with Crippen LogP contribution in [0.4, 0.5) is 4.79 Å². The van der Waals surface area contributed by atoms with E-state index in [9.17, 15) is 14.4 Å². The van der Waals surface area contributed by atoms with Gasteiger partial charge in [-0.15, -0.1) is 0 Å². The lowest BCUT2D eigenvalue weighted by Crippen LogP contribution is -2.54. The molecule has 7 nitrogen and oxygen atoms in total. The summed E-state index contributed by atoms with van der Waals surface area (Å²) >= 11 is 0. The van der Waals surface area contributed by atoms with E-state index in [0.29, 0.717) is 0 Å². The van der Waals surface area contributed by atoms with Crippen LogP contribution in [-0.4, -0.2) is 37.2 Å². The van der Waals surface area contributed by atoms with Crippen molar-refractivity contribution < 1.29 is 23.9 Å². The molecular formula is C24H30N2O5. The van der Waals surface area contributed by atoms with Crippen molar-refractivity contribution in [2.75, 3.05) is 7.11 Å². The molecule has 0 heterocycles. The fourth-order valence-corrected chi connectivity index (χ4v) is 2.98. The van der Waals surface area contributed by atoms with E-state index in [-0.39, 0.29) is 18.9 Å². The van der Waals surface area contributed by atoms with Gasteiger partial charge in [0.05, 0.1) is 7.11 Å². The van der Waals surface area contributed by atoms with Crippen LogP contribution in [0.1, 0.15) is 30.5 Å². The number of aryl methyl sites for hydroxylation is 1. The molecule has 2 rings (SSSR count). The third-order valence-electron chi connectivity index (χ3n) is 4.80. The Labute approximate surface area is 183 Å². The molecule has 0 saturated heterocycles. The molecule has 0 fully saturated rings. The van der Waals surface area contributed by atoms with Gasteiger partial charge in [0.15, 0.2) is 0 Å². The first-order valence-electron chi connectivity index (χ1n) is 10.2. The lowest BCUT2D eigenvalue weighted by atomic mass is 10.0. The van der Waals surface area contributed by atoms with Gasteiger partial charge in [0.2, 0.25) is 5.91 Å². The molecule has 7 heteroatoms. The summed E-state index contributed by atoms with van der Waals surface area (Å²) < 4.78 is 10.1. The predicted molar refractivity (Wildman–Crippen MR) is 117 cm³/mol. The van der Waals surface area contributed by atoms with Gasteiger partial charge in [0.1, 0.15) is 18.7 Å². The molecule has 2 aromatic rings. The summed E-state index contributed by atoms with van der Waals surface area (Å²) in [4.78, 5) is 37.4. The predicted octanol–water partition coefficient (Wildman–Crippen LogP) is 3.15. The Morgan fingerprint density at radius 1 is 0.903 bits per heavy atom. The van der Waals surface area contributed by atoms with Crippen molar-refractivity contribution in [2.45, 2.75) is 45.9 Å². The second kappa shape index (κ2) is 11.7. The van der Waals surface area contributed by atoms with Crippen molar-refractivity contribution in [1.82, 2.24) is 10.6 Å². The van der Waals surface area contributed by atoms with Crippen LogP contribution in [0.15, 0.2) is 54.6 Å². The lowest BCUT2D eigenvalue weighted by Gasteiger charge is -2.24. The van der Waals surface area contributed by atoms with Crippen LogP contribution in [0.25, 0.3) is 0 Å². The van der Waals surface area contributed by atoms with Gasteiger partial charge in [-0.2, -0.15) is 0 Å². The van der Waals surface area contributed by atoms with Gasteiger partial charge < -0.3 is 20.1 Å². The van der Waals surface area contributed by atoms with Crippen molar-refractivity contribution in [3.63, 3.8) is 0 Å². The maximum Gasteiger partial charge on any atom is 0.408 e. The summed E-state index contributed by atoms with van der Waals surface area (Å²) in [6.45, 7) is 5.67. The summed E-state index contributed by atoms with van der Waals surface area (Å²) in [5.74, 6) is -1.25. The zero-order valence-electron chi connectivity index (χ0n) is 18.4. The molecule has 166 valence electrons. The fraction of sp³-hybridized carbons (Fsp3) is 0.375. The molecule has 0 bridgehead atoms. The standard InChI is InChI=1S/C24H30N2O5/c1-16(2)21(26-24(29)31-15-19-8-6-5-7-9-19)22(27)25-20(23(28)30-4)14-18-12-10-17(3)11-13-18/h5-13,16,20-21H,14-15H2,1-4H3,(H,25,27)(H,26,29)/t20-,21+/m0/s1. The van der Waals surface area contributed by atoms with Gasteiger partial charge in [-0.3, -0.25) is 4.79 Å². The summed E-state index contributed by atoms with van der Waals surface area (Å²) in [5.41, 5.74) is 2.82. The van der Waals surface area contributed by atoms with Crippen LogP contribution >= 0.6 is 0 Å². The van der Waals surface area contributed by atoms with E-state index >= 15 is 0 Å². The first-order chi connectivity index (χ1) is 14.8. The Morgan fingerprint density at radius 2 is 1.55 bits per heavy atom. The summed E-state index contributed by atoms with van der Waals surface area (Å²) in [6.07, 6.45) is -0.423. The molecule has 0 spiro atoms. The van der Waals surface area contributed by atoms with Crippen molar-refractivity contribution in [1.29, 1.82) is 0 Å². The molecule has 0 aliphatic rings. The molecule has 2 aromatic carbocycles. The SMILES string of the molecule is COC(=O)[C@H](Cc1ccc(C)cc1)NC(=O)[C@H](NC(=O)OCc1ccccc1)C(C)C. The van der Waals surface area contributed by atoms with Crippen molar-refractivity contribution >= 4 is 18.0 Å². The summed E-state index contributed by atoms with van der Waals surface area (Å²) in [7, 11) is 1.27. The van der Waals surface area contributed by atoms with Gasteiger partial charge in [-0.05, 0) is 24.0 Å². The van der Waals surface area contributed by atoms with Gasteiger partial charge in [0, 0.05) is 6.42 Å². The van der Waals surface area contributed by atoms with Gasteiger partial charge in [0.25, 0.3) is 0 Å². The van der Waals surface area contributed by atoms with Crippen LogP contribution in [0.3, 0.4) is 0 Å². The number of rotatable bonds is 9. The van der Waals surface area contributed by atoms with E-state index < -0.39 is 30.1 Å². The topological polar surface area (TPSA) is 93.7 Å². The van der Waals surface area contributed by atoms with Crippen LogP contribution in [0, 0.1) is 12.8 Å². The first kappa shape index (κ1) is 23.9. The average Bonchev–Trinajstić information content (AvgIpc) is 2.76. The Kier molecular flexibility index (Phi) is 9.06. The summed E-state index contributed by atoms with van der Waals surface area (Å²) in [5, 5.41) is 5.30. The molecule has 0 aliphatic carbocycles. The molecule has 0 unspecified atom stereocenters. The Hall–Kier alpha value is -3.35. The summed E-state index contributed by atoms with van der Waals surface area (Å²) in [6, 6.07) is 15.2. The number of benzene rings is 2. The van der Waals surface area contributed by atoms with E-state index in [2.05, 4.69) is 10.6 Å². The molecule has 2 N–H and O–H groups in total. The maximum absolute atomic E-state index is 12.9. The van der Waals surface area contributed by atoms with E-state index in [4.69, 9.17) is 9.47 Å². The van der Waals surface area contributed by atoms with Crippen molar-refractivity contribution in [3.8, 4) is 0 Å². The van der Waals surface area contributed by atoms with Crippen LogP contribution in [0.2, 0.25) is 0 Å². The third-order valence-corrected chi connectivity index (χ3v) is 4.80. The van der Waals surface area contributed by atoms with E-state index in [0.717, 1.165) is 16.7 Å². The minimum absolute atomic E-state index is 0.0946. The minimum Gasteiger partial charge on any atom is -0.467 e. The number of hydrogen-bond acceptors (Lipinski definition) is 5. The van der Waals surface area contributed by atoms with Crippen LogP contribution in [-0.2, 0) is 32.1 Å². The van der Waals surface area contributed by atoms with Crippen LogP contribution in [0.5, 0.6) is 0 Å². The highest BCUT2D eigenvalue weighted by Gasteiger charge is 2.29. The van der Waals surface area contributed by atoms with Crippen LogP contribution < -0.4 is 10.6 Å². The molecule has 31 heavy (non-hydrogen) atoms.